The summed E-state index contributed by atoms with van der Waals surface area (Å²) >= 11 is 0. The summed E-state index contributed by atoms with van der Waals surface area (Å²) in [5.41, 5.74) is 0. The minimum absolute atomic E-state index is 0.0402. The van der Waals surface area contributed by atoms with Gasteiger partial charge >= 0.3 is 16.4 Å². The highest BCUT2D eigenvalue weighted by molar-refractivity contribution is 7.80. The Balaban J connectivity index is 2.38. The van der Waals surface area contributed by atoms with Crippen LogP contribution < -0.4 is 0 Å². The van der Waals surface area contributed by atoms with Crippen LogP contribution in [0.3, 0.4) is 0 Å². The van der Waals surface area contributed by atoms with Gasteiger partial charge in [-0.1, -0.05) is 187 Å². The molecule has 0 aromatic heterocycles. The van der Waals surface area contributed by atoms with Crippen molar-refractivity contribution in [1.82, 2.24) is 0 Å². The number of rotatable bonds is 43. The molecule has 12 nitrogen and oxygen atoms in total. The average Bonchev–Trinajstić information content (AvgIpc) is 3.22. The molecule has 0 saturated carbocycles. The van der Waals surface area contributed by atoms with E-state index in [-0.39, 0.29) is 19.6 Å². The first kappa shape index (κ1) is 56.9. The molecule has 13 heteroatoms. The van der Waals surface area contributed by atoms with E-state index in [9.17, 15) is 33.1 Å². The first-order chi connectivity index (χ1) is 29.1. The van der Waals surface area contributed by atoms with E-state index in [1.54, 1.807) is 0 Å². The van der Waals surface area contributed by atoms with Crippen LogP contribution in [0.4, 0.5) is 0 Å². The number of hydrogen-bond donors (Lipinski definition) is 4. The zero-order valence-electron chi connectivity index (χ0n) is 38.0. The summed E-state index contributed by atoms with van der Waals surface area (Å²) in [5, 5.41) is 30.7. The molecule has 1 heterocycles. The van der Waals surface area contributed by atoms with Gasteiger partial charge in [-0.2, -0.15) is 8.42 Å². The highest BCUT2D eigenvalue weighted by Gasteiger charge is 2.48. The molecule has 0 aromatic carbocycles. The van der Waals surface area contributed by atoms with Gasteiger partial charge in [0.15, 0.2) is 6.29 Å². The van der Waals surface area contributed by atoms with Crippen LogP contribution in [0.2, 0.25) is 0 Å². The Morgan fingerprint density at radius 1 is 0.617 bits per heavy atom. The summed E-state index contributed by atoms with van der Waals surface area (Å²) < 4.78 is 59.1. The number of carbonyl (C=O) groups is 1. The second-order valence-corrected chi connectivity index (χ2v) is 18.1. The lowest BCUT2D eigenvalue weighted by atomic mass is 9.99. The Hall–Kier alpha value is -1.16. The molecule has 4 N–H and O–H groups in total. The SMILES string of the molecule is CCCCCCCCC/C=C\CCCCCCCCCC(=O)OC(COCCCCCCCCCCCCCCCCC)COC1OC(CO)C(O)C(OS(=O)(=O)O)C1O. The van der Waals surface area contributed by atoms with Gasteiger partial charge in [0.25, 0.3) is 0 Å². The fourth-order valence-corrected chi connectivity index (χ4v) is 8.18. The van der Waals surface area contributed by atoms with Crippen LogP contribution in [0.15, 0.2) is 12.2 Å². The van der Waals surface area contributed by atoms with Crippen molar-refractivity contribution in [2.75, 3.05) is 26.4 Å². The number of esters is 1. The van der Waals surface area contributed by atoms with Gasteiger partial charge in [-0.05, 0) is 38.5 Å². The fraction of sp³-hybridized carbons (Fsp3) is 0.936. The van der Waals surface area contributed by atoms with Crippen molar-refractivity contribution in [3.05, 3.63) is 12.2 Å². The number of carbonyl (C=O) groups excluding carboxylic acids is 1. The average molecular weight is 879 g/mol. The van der Waals surface area contributed by atoms with Crippen molar-refractivity contribution in [2.45, 2.75) is 256 Å². The van der Waals surface area contributed by atoms with E-state index in [4.69, 9.17) is 18.9 Å². The standard InChI is InChI=1S/C47H90O12S/c1-3-5-7-9-11-13-15-17-19-20-21-22-24-26-28-30-32-34-36-43(49)57-41(40-56-47-45(51)46(59-60(52,53)54)44(50)42(38-48)58-47)39-55-37-35-33-31-29-27-25-23-18-16-14-12-10-8-6-4-2/h19-20,41-42,44-48,50-51H,3-18,21-40H2,1-2H3,(H,52,53,54)/b20-19-. The van der Waals surface area contributed by atoms with Gasteiger partial charge in [0.1, 0.15) is 30.5 Å². The molecule has 1 saturated heterocycles. The Bertz CT molecular complexity index is 1110. The summed E-state index contributed by atoms with van der Waals surface area (Å²) in [5.74, 6) is -0.399. The van der Waals surface area contributed by atoms with Crippen molar-refractivity contribution in [1.29, 1.82) is 0 Å². The largest absolute Gasteiger partial charge is 0.457 e. The summed E-state index contributed by atoms with van der Waals surface area (Å²) in [6.07, 6.45) is 33.8. The first-order valence-corrected chi connectivity index (χ1v) is 25.8. The summed E-state index contributed by atoms with van der Waals surface area (Å²) in [4.78, 5) is 12.9. The lowest BCUT2D eigenvalue weighted by molar-refractivity contribution is -0.301. The van der Waals surface area contributed by atoms with Gasteiger partial charge in [-0.25, -0.2) is 4.18 Å². The Morgan fingerprint density at radius 2 is 1.05 bits per heavy atom. The molecule has 0 spiro atoms. The summed E-state index contributed by atoms with van der Waals surface area (Å²) in [6, 6.07) is 0. The van der Waals surface area contributed by atoms with Gasteiger partial charge in [-0.15, -0.1) is 0 Å². The van der Waals surface area contributed by atoms with Gasteiger partial charge in [-0.3, -0.25) is 9.35 Å². The molecule has 1 aliphatic heterocycles. The van der Waals surface area contributed by atoms with Gasteiger partial charge in [0, 0.05) is 13.0 Å². The predicted molar refractivity (Wildman–Crippen MR) is 239 cm³/mol. The van der Waals surface area contributed by atoms with E-state index in [0.29, 0.717) is 13.0 Å². The highest BCUT2D eigenvalue weighted by Crippen LogP contribution is 2.26. The van der Waals surface area contributed by atoms with Crippen molar-refractivity contribution >= 4 is 16.4 Å². The minimum Gasteiger partial charge on any atom is -0.457 e. The molecule has 0 radical (unpaired) electrons. The third kappa shape index (κ3) is 32.5. The number of allylic oxidation sites excluding steroid dienone is 2. The summed E-state index contributed by atoms with van der Waals surface area (Å²) in [6.45, 7) is 4.02. The minimum atomic E-state index is -5.06. The van der Waals surface area contributed by atoms with Crippen molar-refractivity contribution < 1.29 is 56.2 Å². The van der Waals surface area contributed by atoms with E-state index in [2.05, 4.69) is 30.2 Å². The zero-order chi connectivity index (χ0) is 43.9. The molecule has 6 atom stereocenters. The lowest BCUT2D eigenvalue weighted by Gasteiger charge is -2.41. The Morgan fingerprint density at radius 3 is 1.50 bits per heavy atom. The summed E-state index contributed by atoms with van der Waals surface area (Å²) in [7, 11) is -5.06. The maximum absolute atomic E-state index is 12.9. The van der Waals surface area contributed by atoms with Crippen LogP contribution >= 0.6 is 0 Å². The Kier molecular flexibility index (Phi) is 37.4. The number of hydrogen-bond acceptors (Lipinski definition) is 11. The topological polar surface area (TPSA) is 178 Å². The normalized spacial score (nSPS) is 20.3. The van der Waals surface area contributed by atoms with Crippen molar-refractivity contribution in [2.24, 2.45) is 0 Å². The van der Waals surface area contributed by atoms with Crippen molar-refractivity contribution in [3.8, 4) is 0 Å². The Labute approximate surface area is 366 Å². The number of ether oxygens (including phenoxy) is 4. The van der Waals surface area contributed by atoms with E-state index in [1.807, 2.05) is 0 Å². The molecule has 0 amide bonds. The van der Waals surface area contributed by atoms with Crippen molar-refractivity contribution in [3.63, 3.8) is 0 Å². The van der Waals surface area contributed by atoms with Crippen LogP contribution in [0.1, 0.15) is 219 Å². The smallest absolute Gasteiger partial charge is 0.397 e. The predicted octanol–water partition coefficient (Wildman–Crippen LogP) is 10.6. The second kappa shape index (κ2) is 39.4. The fourth-order valence-electron chi connectivity index (χ4n) is 7.67. The maximum Gasteiger partial charge on any atom is 0.397 e. The molecule has 356 valence electrons. The molecule has 0 aliphatic carbocycles. The van der Waals surface area contributed by atoms with Gasteiger partial charge in [0.05, 0.1) is 19.8 Å². The lowest BCUT2D eigenvalue weighted by Crippen LogP contribution is -2.60. The molecule has 1 fully saturated rings. The zero-order valence-corrected chi connectivity index (χ0v) is 38.9. The quantitative estimate of drug-likeness (QED) is 0.0197. The first-order valence-electron chi connectivity index (χ1n) is 24.4. The van der Waals surface area contributed by atoms with E-state index in [0.717, 1.165) is 44.9 Å². The van der Waals surface area contributed by atoms with Crippen LogP contribution in [0.5, 0.6) is 0 Å². The second-order valence-electron chi connectivity index (χ2n) is 17.1. The third-order valence-corrected chi connectivity index (χ3v) is 11.9. The maximum atomic E-state index is 12.9. The number of aliphatic hydroxyl groups is 3. The monoisotopic (exact) mass is 879 g/mol. The molecular formula is C47H90O12S. The molecule has 1 aliphatic rings. The van der Waals surface area contributed by atoms with E-state index < -0.39 is 59.8 Å². The van der Waals surface area contributed by atoms with Crippen LogP contribution in [0.25, 0.3) is 0 Å². The van der Waals surface area contributed by atoms with Crippen LogP contribution in [-0.4, -0.2) is 97.5 Å². The number of unbranched alkanes of at least 4 members (excludes halogenated alkanes) is 28. The third-order valence-electron chi connectivity index (χ3n) is 11.4. The molecule has 1 rings (SSSR count). The molecular weight excluding hydrogens is 789 g/mol. The van der Waals surface area contributed by atoms with E-state index >= 15 is 0 Å². The highest BCUT2D eigenvalue weighted by atomic mass is 32.3. The van der Waals surface area contributed by atoms with E-state index in [1.165, 1.54) is 148 Å². The molecule has 6 unspecified atom stereocenters. The van der Waals surface area contributed by atoms with Gasteiger partial charge in [0.2, 0.25) is 0 Å². The van der Waals surface area contributed by atoms with Crippen LogP contribution in [-0.2, 0) is 38.3 Å². The molecule has 60 heavy (non-hydrogen) atoms. The molecule has 0 aromatic rings. The van der Waals surface area contributed by atoms with Gasteiger partial charge < -0.3 is 34.3 Å². The van der Waals surface area contributed by atoms with Crippen LogP contribution in [0, 0.1) is 0 Å². The number of aliphatic hydroxyl groups excluding tert-OH is 3. The molecule has 0 bridgehead atoms.